The fourth-order valence-electron chi connectivity index (χ4n) is 6.38. The number of nitrogens with zero attached hydrogens (tertiary/aromatic N) is 1. The first kappa shape index (κ1) is 49.4. The summed E-state index contributed by atoms with van der Waals surface area (Å²) in [6.07, 6.45) is 36.2. The highest BCUT2D eigenvalue weighted by Crippen LogP contribution is 2.17. The molecule has 0 aliphatic rings. The van der Waals surface area contributed by atoms with E-state index in [-0.39, 0.29) is 24.5 Å². The van der Waals surface area contributed by atoms with Crippen LogP contribution in [0.1, 0.15) is 213 Å². The lowest BCUT2D eigenvalue weighted by Crippen LogP contribution is -2.29. The molecule has 0 aromatic heterocycles. The van der Waals surface area contributed by atoms with Crippen molar-refractivity contribution in [2.45, 2.75) is 219 Å². The summed E-state index contributed by atoms with van der Waals surface area (Å²) in [4.78, 5) is 40.0. The molecule has 0 aromatic carbocycles. The average molecular weight is 699 g/mol. The van der Waals surface area contributed by atoms with Crippen LogP contribution in [0.2, 0.25) is 0 Å². The molecule has 0 fully saturated rings. The van der Waals surface area contributed by atoms with Gasteiger partial charge in [-0.25, -0.2) is 5.48 Å². The largest absolute Gasteiger partial charge is 0.483 e. The summed E-state index contributed by atoms with van der Waals surface area (Å²) in [5, 5.41) is 6.89. The molecular formula is C41H82N2O6. The number of hydrogen-bond acceptors (Lipinski definition) is 6. The molecule has 0 bridgehead atoms. The Morgan fingerprint density at radius 1 is 0.571 bits per heavy atom. The van der Waals surface area contributed by atoms with Gasteiger partial charge in [0.1, 0.15) is 6.10 Å². The zero-order valence-electron chi connectivity index (χ0n) is 32.9. The zero-order valence-corrected chi connectivity index (χ0v) is 32.9. The van der Waals surface area contributed by atoms with Crippen molar-refractivity contribution in [3.63, 3.8) is 0 Å². The Morgan fingerprint density at radius 3 is 1.41 bits per heavy atom. The highest BCUT2D eigenvalue weighted by atomic mass is 16.6. The molecule has 8 heteroatoms. The summed E-state index contributed by atoms with van der Waals surface area (Å²) >= 11 is 0. The molecule has 0 aromatic rings. The van der Waals surface area contributed by atoms with Crippen molar-refractivity contribution in [2.24, 2.45) is 0 Å². The van der Waals surface area contributed by atoms with Gasteiger partial charge >= 0.3 is 5.97 Å². The maximum Gasteiger partial charge on any atom is 0.306 e. The SMILES string of the molecule is CCCCCCCCCCCCCCCN(CCCCCCCC(=O)OC(CCCCC)CCCCCC)CCCC(=O)NOC.O=CO. The van der Waals surface area contributed by atoms with E-state index in [4.69, 9.17) is 19.5 Å². The third-order valence-corrected chi connectivity index (χ3v) is 9.33. The van der Waals surface area contributed by atoms with Crippen molar-refractivity contribution in [3.8, 4) is 0 Å². The predicted molar refractivity (Wildman–Crippen MR) is 206 cm³/mol. The summed E-state index contributed by atoms with van der Waals surface area (Å²) in [7, 11) is 1.49. The maximum absolute atomic E-state index is 12.5. The Morgan fingerprint density at radius 2 is 0.939 bits per heavy atom. The van der Waals surface area contributed by atoms with E-state index < -0.39 is 0 Å². The molecule has 1 atom stereocenters. The van der Waals surface area contributed by atoms with E-state index >= 15 is 0 Å². The van der Waals surface area contributed by atoms with Gasteiger partial charge in [0.05, 0.1) is 7.11 Å². The first-order valence-electron chi connectivity index (χ1n) is 20.8. The summed E-state index contributed by atoms with van der Waals surface area (Å²) in [5.41, 5.74) is 2.44. The molecule has 1 amide bonds. The molecule has 1 unspecified atom stereocenters. The Bertz CT molecular complexity index is 693. The van der Waals surface area contributed by atoms with Gasteiger partial charge in [-0.05, 0) is 71.0 Å². The molecule has 0 aliphatic carbocycles. The smallest absolute Gasteiger partial charge is 0.306 e. The van der Waals surface area contributed by atoms with Gasteiger partial charge in [-0.1, -0.05) is 149 Å². The Hall–Kier alpha value is -1.67. The van der Waals surface area contributed by atoms with Gasteiger partial charge in [-0.3, -0.25) is 19.2 Å². The van der Waals surface area contributed by atoms with Crippen molar-refractivity contribution in [1.82, 2.24) is 10.4 Å². The molecule has 0 rings (SSSR count). The van der Waals surface area contributed by atoms with Crippen molar-refractivity contribution in [2.75, 3.05) is 26.7 Å². The molecule has 2 N–H and O–H groups in total. The van der Waals surface area contributed by atoms with Gasteiger partial charge in [-0.15, -0.1) is 0 Å². The van der Waals surface area contributed by atoms with Crippen LogP contribution in [-0.2, 0) is 24.0 Å². The number of hydrogen-bond donors (Lipinski definition) is 2. The van der Waals surface area contributed by atoms with Crippen LogP contribution in [0.3, 0.4) is 0 Å². The van der Waals surface area contributed by atoms with Gasteiger partial charge in [0.15, 0.2) is 0 Å². The average Bonchev–Trinajstić information content (AvgIpc) is 3.08. The molecule has 0 aliphatic heterocycles. The Kier molecular flexibility index (Phi) is 42.9. The first-order chi connectivity index (χ1) is 24.0. The lowest BCUT2D eigenvalue weighted by atomic mass is 10.0. The molecule has 292 valence electrons. The summed E-state index contributed by atoms with van der Waals surface area (Å²) in [6.45, 7) is 9.71. The van der Waals surface area contributed by atoms with Gasteiger partial charge in [-0.2, -0.15) is 0 Å². The zero-order chi connectivity index (χ0) is 36.5. The third kappa shape index (κ3) is 40.6. The molecule has 49 heavy (non-hydrogen) atoms. The van der Waals surface area contributed by atoms with Crippen LogP contribution in [0.15, 0.2) is 0 Å². The minimum absolute atomic E-state index is 0.0125. The lowest BCUT2D eigenvalue weighted by Gasteiger charge is -2.22. The predicted octanol–water partition coefficient (Wildman–Crippen LogP) is 11.3. The number of esters is 1. The van der Waals surface area contributed by atoms with Crippen molar-refractivity contribution in [1.29, 1.82) is 0 Å². The van der Waals surface area contributed by atoms with Crippen LogP contribution in [0.25, 0.3) is 0 Å². The van der Waals surface area contributed by atoms with Crippen molar-refractivity contribution in [3.05, 3.63) is 0 Å². The quantitative estimate of drug-likeness (QED) is 0.0288. The van der Waals surface area contributed by atoms with E-state index in [0.29, 0.717) is 12.8 Å². The van der Waals surface area contributed by atoms with E-state index in [1.807, 2.05) is 0 Å². The highest BCUT2D eigenvalue weighted by Gasteiger charge is 2.14. The van der Waals surface area contributed by atoms with E-state index in [1.165, 1.54) is 155 Å². The number of hydroxylamine groups is 1. The number of carbonyl (C=O) groups excluding carboxylic acids is 2. The fourth-order valence-corrected chi connectivity index (χ4v) is 6.38. The normalized spacial score (nSPS) is 11.6. The molecule has 0 radical (unpaired) electrons. The van der Waals surface area contributed by atoms with Gasteiger partial charge in [0.2, 0.25) is 5.91 Å². The highest BCUT2D eigenvalue weighted by molar-refractivity contribution is 5.74. The second-order valence-corrected chi connectivity index (χ2v) is 14.0. The summed E-state index contributed by atoms with van der Waals surface area (Å²) in [5.74, 6) is -0.0239. The molecule has 0 spiro atoms. The third-order valence-electron chi connectivity index (χ3n) is 9.33. The van der Waals surface area contributed by atoms with Gasteiger partial charge in [0, 0.05) is 12.8 Å². The number of amides is 1. The number of ether oxygens (including phenoxy) is 1. The van der Waals surface area contributed by atoms with E-state index in [9.17, 15) is 9.59 Å². The minimum atomic E-state index is -0.250. The molecule has 0 heterocycles. The van der Waals surface area contributed by atoms with Crippen molar-refractivity contribution >= 4 is 18.3 Å². The second-order valence-electron chi connectivity index (χ2n) is 14.0. The molecule has 0 saturated carbocycles. The van der Waals surface area contributed by atoms with E-state index in [0.717, 1.165) is 51.7 Å². The number of carboxylic acid groups (broad SMARTS) is 1. The fraction of sp³-hybridized carbons (Fsp3) is 0.927. The monoisotopic (exact) mass is 699 g/mol. The van der Waals surface area contributed by atoms with Crippen LogP contribution >= 0.6 is 0 Å². The molecule has 0 saturated heterocycles. The van der Waals surface area contributed by atoms with Gasteiger partial charge < -0.3 is 14.7 Å². The van der Waals surface area contributed by atoms with Crippen LogP contribution in [0.5, 0.6) is 0 Å². The maximum atomic E-state index is 12.5. The standard InChI is InChI=1S/C40H80N2O4.CH2O2/c1-5-8-11-13-14-15-16-17-18-19-20-23-28-35-42(37-30-33-39(43)41-45-4)36-29-24-21-22-27-34-40(44)46-38(31-25-10-7-3)32-26-12-9-6-2;2-1-3/h38H,5-37H2,1-4H3,(H,41,43);1H,(H,2,3). The van der Waals surface area contributed by atoms with E-state index in [2.05, 4.69) is 31.2 Å². The second kappa shape index (κ2) is 42.5. The summed E-state index contributed by atoms with van der Waals surface area (Å²) < 4.78 is 5.92. The first-order valence-corrected chi connectivity index (χ1v) is 20.8. The van der Waals surface area contributed by atoms with Crippen LogP contribution in [0, 0.1) is 0 Å². The number of carbonyl (C=O) groups is 3. The molecule has 8 nitrogen and oxygen atoms in total. The van der Waals surface area contributed by atoms with Crippen LogP contribution in [0.4, 0.5) is 0 Å². The van der Waals surface area contributed by atoms with Crippen molar-refractivity contribution < 1.29 is 29.1 Å². The lowest BCUT2D eigenvalue weighted by molar-refractivity contribution is -0.150. The summed E-state index contributed by atoms with van der Waals surface area (Å²) in [6, 6.07) is 0. The van der Waals surface area contributed by atoms with Crippen LogP contribution in [-0.4, -0.2) is 61.2 Å². The minimum Gasteiger partial charge on any atom is -0.483 e. The molecular weight excluding hydrogens is 616 g/mol. The Labute approximate surface area is 303 Å². The Balaban J connectivity index is 0. The topological polar surface area (TPSA) is 105 Å². The van der Waals surface area contributed by atoms with Gasteiger partial charge in [0.25, 0.3) is 6.47 Å². The number of nitrogens with one attached hydrogen (secondary N) is 1. The number of unbranched alkanes of at least 4 members (excludes halogenated alkanes) is 21. The number of rotatable bonds is 37. The van der Waals surface area contributed by atoms with Crippen LogP contribution < -0.4 is 5.48 Å². The van der Waals surface area contributed by atoms with E-state index in [1.54, 1.807) is 0 Å².